The number of aryl methyl sites for hydroxylation is 1. The molecule has 0 amide bonds. The van der Waals surface area contributed by atoms with Gasteiger partial charge in [-0.05, 0) is 0 Å². The Bertz CT molecular complexity index is 382. The van der Waals surface area contributed by atoms with E-state index in [0.29, 0.717) is 0 Å². The molecule has 1 saturated heterocycles. The third kappa shape index (κ3) is 1.60. The third-order valence-corrected chi connectivity index (χ3v) is 3.35. The minimum absolute atomic E-state index is 0.827. The zero-order valence-corrected chi connectivity index (χ0v) is 9.70. The van der Waals surface area contributed by atoms with E-state index in [9.17, 15) is 0 Å². The lowest BCUT2D eigenvalue weighted by atomic mass is 10.1. The lowest BCUT2D eigenvalue weighted by Gasteiger charge is -2.30. The quantitative estimate of drug-likeness (QED) is 0.720. The largest absolute Gasteiger partial charge is 0.378 e. The summed E-state index contributed by atoms with van der Waals surface area (Å²) in [7, 11) is 2.04. The third-order valence-electron chi connectivity index (χ3n) is 3.35. The highest BCUT2D eigenvalue weighted by Gasteiger charge is 2.24. The maximum absolute atomic E-state index is 5.39. The van der Waals surface area contributed by atoms with E-state index >= 15 is 0 Å². The predicted octanol–water partition coefficient (Wildman–Crippen LogP) is -0.0976. The Kier molecular flexibility index (Phi) is 2.57. The van der Waals surface area contributed by atoms with Crippen LogP contribution in [0.3, 0.4) is 0 Å². The molecule has 0 aromatic carbocycles. The second kappa shape index (κ2) is 4.07. The van der Waals surface area contributed by atoms with Crippen molar-refractivity contribution in [1.29, 1.82) is 0 Å². The number of nitrogens with zero attached hydrogens (tertiary/aromatic N) is 3. The van der Waals surface area contributed by atoms with E-state index in [1.54, 1.807) is 0 Å². The van der Waals surface area contributed by atoms with Crippen LogP contribution in [0.5, 0.6) is 0 Å². The molecule has 3 heterocycles. The van der Waals surface area contributed by atoms with Crippen molar-refractivity contribution in [2.75, 3.05) is 37.7 Å². The molecule has 0 radical (unpaired) electrons. The molecule has 5 heteroatoms. The van der Waals surface area contributed by atoms with Gasteiger partial charge in [0, 0.05) is 45.2 Å². The Morgan fingerprint density at radius 2 is 2.12 bits per heavy atom. The van der Waals surface area contributed by atoms with Crippen LogP contribution < -0.4 is 10.2 Å². The average molecular weight is 222 g/mol. The highest BCUT2D eigenvalue weighted by molar-refractivity contribution is 5.51. The van der Waals surface area contributed by atoms with E-state index in [2.05, 4.69) is 15.3 Å². The molecule has 1 aromatic rings. The van der Waals surface area contributed by atoms with Crippen molar-refractivity contribution in [3.63, 3.8) is 0 Å². The van der Waals surface area contributed by atoms with E-state index in [0.717, 1.165) is 45.8 Å². The minimum atomic E-state index is 0.827. The van der Waals surface area contributed by atoms with Crippen LogP contribution in [0, 0.1) is 0 Å². The molecule has 5 nitrogen and oxygen atoms in total. The summed E-state index contributed by atoms with van der Waals surface area (Å²) < 4.78 is 7.43. The molecule has 3 rings (SSSR count). The topological polar surface area (TPSA) is 42.3 Å². The van der Waals surface area contributed by atoms with Crippen molar-refractivity contribution in [3.05, 3.63) is 11.3 Å². The van der Waals surface area contributed by atoms with Crippen LogP contribution in [0.1, 0.15) is 11.3 Å². The molecule has 2 aliphatic heterocycles. The van der Waals surface area contributed by atoms with Crippen molar-refractivity contribution >= 4 is 5.82 Å². The number of fused-ring (bicyclic) bond motifs is 1. The smallest absolute Gasteiger partial charge is 0.131 e. The molecule has 2 aliphatic rings. The molecule has 0 spiro atoms. The second-order valence-corrected chi connectivity index (χ2v) is 4.40. The Morgan fingerprint density at radius 3 is 2.94 bits per heavy atom. The maximum Gasteiger partial charge on any atom is 0.131 e. The summed E-state index contributed by atoms with van der Waals surface area (Å²) >= 11 is 0. The van der Waals surface area contributed by atoms with Gasteiger partial charge in [0.05, 0.1) is 18.9 Å². The molecule has 16 heavy (non-hydrogen) atoms. The Labute approximate surface area is 95.4 Å². The number of ether oxygens (including phenoxy) is 1. The number of nitrogens with one attached hydrogen (secondary N) is 1. The van der Waals surface area contributed by atoms with Crippen molar-refractivity contribution < 1.29 is 4.74 Å². The fraction of sp³-hybridized carbons (Fsp3) is 0.727. The van der Waals surface area contributed by atoms with Gasteiger partial charge in [0.15, 0.2) is 0 Å². The highest BCUT2D eigenvalue weighted by Crippen LogP contribution is 2.26. The minimum Gasteiger partial charge on any atom is -0.378 e. The lowest BCUT2D eigenvalue weighted by Crippen LogP contribution is -2.38. The summed E-state index contributed by atoms with van der Waals surface area (Å²) in [6, 6.07) is 0. The van der Waals surface area contributed by atoms with Gasteiger partial charge in [-0.15, -0.1) is 0 Å². The Morgan fingerprint density at radius 1 is 1.31 bits per heavy atom. The van der Waals surface area contributed by atoms with Crippen molar-refractivity contribution in [2.45, 2.75) is 13.0 Å². The van der Waals surface area contributed by atoms with Crippen LogP contribution >= 0.6 is 0 Å². The normalized spacial score (nSPS) is 20.9. The first-order valence-corrected chi connectivity index (χ1v) is 5.94. The van der Waals surface area contributed by atoms with Crippen LogP contribution in [0.25, 0.3) is 0 Å². The van der Waals surface area contributed by atoms with Gasteiger partial charge >= 0.3 is 0 Å². The van der Waals surface area contributed by atoms with Gasteiger partial charge in [-0.2, -0.15) is 5.10 Å². The van der Waals surface area contributed by atoms with E-state index in [-0.39, 0.29) is 0 Å². The zero-order valence-electron chi connectivity index (χ0n) is 9.70. The SMILES string of the molecule is Cn1nc2c(c1N1CCOCC1)CNCC2. The summed E-state index contributed by atoms with van der Waals surface area (Å²) in [4.78, 5) is 2.39. The van der Waals surface area contributed by atoms with Gasteiger partial charge in [0.2, 0.25) is 0 Å². The van der Waals surface area contributed by atoms with Crippen LogP contribution in [-0.2, 0) is 24.8 Å². The summed E-state index contributed by atoms with van der Waals surface area (Å²) in [5.41, 5.74) is 2.65. The molecular formula is C11H18N4O. The zero-order chi connectivity index (χ0) is 11.0. The monoisotopic (exact) mass is 222 g/mol. The number of anilines is 1. The van der Waals surface area contributed by atoms with Gasteiger partial charge in [-0.1, -0.05) is 0 Å². The lowest BCUT2D eigenvalue weighted by molar-refractivity contribution is 0.122. The number of hydrogen-bond acceptors (Lipinski definition) is 4. The molecule has 0 unspecified atom stereocenters. The molecular weight excluding hydrogens is 204 g/mol. The number of aromatic nitrogens is 2. The first-order valence-electron chi connectivity index (χ1n) is 5.94. The van der Waals surface area contributed by atoms with E-state index < -0.39 is 0 Å². The van der Waals surface area contributed by atoms with Crippen molar-refractivity contribution in [3.8, 4) is 0 Å². The molecule has 0 saturated carbocycles. The van der Waals surface area contributed by atoms with Crippen molar-refractivity contribution in [2.24, 2.45) is 7.05 Å². The summed E-state index contributed by atoms with van der Waals surface area (Å²) in [6.45, 7) is 5.61. The second-order valence-electron chi connectivity index (χ2n) is 4.40. The Hall–Kier alpha value is -1.07. The highest BCUT2D eigenvalue weighted by atomic mass is 16.5. The van der Waals surface area contributed by atoms with Gasteiger partial charge < -0.3 is 15.0 Å². The average Bonchev–Trinajstić information content (AvgIpc) is 2.66. The molecule has 0 atom stereocenters. The first kappa shape index (κ1) is 10.1. The predicted molar refractivity (Wildman–Crippen MR) is 61.7 cm³/mol. The molecule has 0 aliphatic carbocycles. The molecule has 1 N–H and O–H groups in total. The first-order chi connectivity index (χ1) is 7.86. The van der Waals surface area contributed by atoms with Gasteiger partial charge in [-0.3, -0.25) is 4.68 Å². The number of morpholine rings is 1. The van der Waals surface area contributed by atoms with Crippen LogP contribution in [-0.4, -0.2) is 42.6 Å². The van der Waals surface area contributed by atoms with Crippen LogP contribution in [0.15, 0.2) is 0 Å². The fourth-order valence-corrected chi connectivity index (χ4v) is 2.59. The van der Waals surface area contributed by atoms with Gasteiger partial charge in [-0.25, -0.2) is 0 Å². The summed E-state index contributed by atoms with van der Waals surface area (Å²) in [5, 5.41) is 8.04. The van der Waals surface area contributed by atoms with Crippen LogP contribution in [0.2, 0.25) is 0 Å². The van der Waals surface area contributed by atoms with Gasteiger partial charge in [0.1, 0.15) is 5.82 Å². The van der Waals surface area contributed by atoms with Gasteiger partial charge in [0.25, 0.3) is 0 Å². The molecule has 1 aromatic heterocycles. The molecule has 0 bridgehead atoms. The van der Waals surface area contributed by atoms with E-state index in [1.807, 2.05) is 11.7 Å². The summed E-state index contributed by atoms with van der Waals surface area (Å²) in [5.74, 6) is 1.28. The summed E-state index contributed by atoms with van der Waals surface area (Å²) in [6.07, 6.45) is 1.05. The standard InChI is InChI=1S/C11H18N4O/c1-14-11(15-4-6-16-7-5-15)9-8-12-3-2-10(9)13-14/h12H,2-8H2,1H3. The Balaban J connectivity index is 1.95. The molecule has 88 valence electrons. The number of hydrogen-bond donors (Lipinski definition) is 1. The van der Waals surface area contributed by atoms with E-state index in [4.69, 9.17) is 4.74 Å². The van der Waals surface area contributed by atoms with Crippen LogP contribution in [0.4, 0.5) is 5.82 Å². The number of rotatable bonds is 1. The maximum atomic E-state index is 5.39. The van der Waals surface area contributed by atoms with E-state index in [1.165, 1.54) is 17.1 Å². The van der Waals surface area contributed by atoms with Crippen molar-refractivity contribution in [1.82, 2.24) is 15.1 Å². The molecule has 1 fully saturated rings. The fourth-order valence-electron chi connectivity index (χ4n) is 2.59.